The van der Waals surface area contributed by atoms with Crippen LogP contribution < -0.4 is 14.3 Å². The first kappa shape index (κ1) is 88.6. The zero-order valence-electron chi connectivity index (χ0n) is 83.6. The Kier molecular flexibility index (Phi) is 20.9. The number of aliphatic imine (C=N–C) groups is 1. The predicted octanol–water partition coefficient (Wildman–Crippen LogP) is 33.9. The molecule has 24 aromatic rings. The van der Waals surface area contributed by atoms with E-state index >= 15 is 0 Å². The lowest BCUT2D eigenvalue weighted by Crippen LogP contribution is -2.31. The Bertz CT molecular complexity index is 9360. The third-order valence-corrected chi connectivity index (χ3v) is 32.1. The van der Waals surface area contributed by atoms with Crippen molar-refractivity contribution in [3.05, 3.63) is 513 Å². The second kappa shape index (κ2) is 34.4. The van der Waals surface area contributed by atoms with Gasteiger partial charge in [0.25, 0.3) is 0 Å². The number of amidine groups is 1. The number of rotatable bonds is 8. The van der Waals surface area contributed by atoms with Gasteiger partial charge in [-0.1, -0.05) is 339 Å². The van der Waals surface area contributed by atoms with Gasteiger partial charge in [-0.25, -0.2) is 9.98 Å². The van der Waals surface area contributed by atoms with Crippen LogP contribution in [-0.2, 0) is 16.2 Å². The van der Waals surface area contributed by atoms with Crippen molar-refractivity contribution >= 4 is 105 Å². The quantitative estimate of drug-likeness (QED) is 0.154. The van der Waals surface area contributed by atoms with Crippen LogP contribution in [0.1, 0.15) is 86.7 Å². The summed E-state index contributed by atoms with van der Waals surface area (Å²) in [4.78, 5) is 10.0. The summed E-state index contributed by atoms with van der Waals surface area (Å²) in [6.45, 7) is 14.0. The van der Waals surface area contributed by atoms with Crippen LogP contribution in [0.3, 0.4) is 0 Å². The van der Waals surface area contributed by atoms with Gasteiger partial charge in [0.05, 0.1) is 95.1 Å². The topological polar surface area (TPSA) is 61.9 Å². The first-order valence-corrected chi connectivity index (χ1v) is 50.9. The van der Waals surface area contributed by atoms with Crippen molar-refractivity contribution in [2.45, 2.75) is 64.0 Å². The second-order valence-corrected chi connectivity index (χ2v) is 41.9. The van der Waals surface area contributed by atoms with E-state index in [9.17, 15) is 0 Å². The Morgan fingerprint density at radius 1 is 0.260 bits per heavy atom. The molecule has 0 radical (unpaired) electrons. The van der Waals surface area contributed by atoms with E-state index in [0.29, 0.717) is 0 Å². The molecular formula is C136H110N10+2. The molecule has 6 aliphatic rings. The Labute approximate surface area is 851 Å². The number of nitrogens with one attached hydrogen (secondary N) is 1. The molecule has 3 aliphatic heterocycles. The van der Waals surface area contributed by atoms with Gasteiger partial charge in [-0.05, 0) is 193 Å². The highest BCUT2D eigenvalue weighted by molar-refractivity contribution is 6.12. The molecule has 0 saturated carbocycles. The van der Waals surface area contributed by atoms with Crippen LogP contribution in [0.5, 0.6) is 0 Å². The molecule has 0 spiro atoms. The molecular weight excluding hydrogens is 1770 g/mol. The number of benzene rings is 18. The fourth-order valence-corrected chi connectivity index (χ4v) is 24.7. The zero-order chi connectivity index (χ0) is 98.6. The van der Waals surface area contributed by atoms with Crippen molar-refractivity contribution in [3.63, 3.8) is 0 Å². The van der Waals surface area contributed by atoms with Gasteiger partial charge in [0.2, 0.25) is 0 Å². The summed E-state index contributed by atoms with van der Waals surface area (Å²) in [5.41, 5.74) is 44.0. The molecule has 18 aromatic carbocycles. The fraction of sp³-hybridized carbons (Fsp3) is 0.103. The maximum absolute atomic E-state index is 5.06. The van der Waals surface area contributed by atoms with E-state index in [-0.39, 0.29) is 22.4 Å². The van der Waals surface area contributed by atoms with Gasteiger partial charge < -0.3 is 28.2 Å². The molecule has 6 aromatic heterocycles. The van der Waals surface area contributed by atoms with Gasteiger partial charge in [-0.3, -0.25) is 8.97 Å². The largest absolute Gasteiger partial charge is 0.347 e. The maximum Gasteiger partial charge on any atom is 0.147 e. The minimum absolute atomic E-state index is 0.000157. The van der Waals surface area contributed by atoms with Gasteiger partial charge in [0, 0.05) is 149 Å². The fourth-order valence-electron chi connectivity index (χ4n) is 24.7. The van der Waals surface area contributed by atoms with Gasteiger partial charge in [-0.15, -0.1) is 0 Å². The van der Waals surface area contributed by atoms with Crippen LogP contribution >= 0.6 is 0 Å². The van der Waals surface area contributed by atoms with Gasteiger partial charge >= 0.3 is 0 Å². The number of quaternary nitrogens is 2. The highest BCUT2D eigenvalue weighted by Crippen LogP contribution is 2.59. The number of pyridine rings is 1. The summed E-state index contributed by atoms with van der Waals surface area (Å²) >= 11 is 0. The monoisotopic (exact) mass is 1880 g/mol. The van der Waals surface area contributed by atoms with Crippen molar-refractivity contribution in [3.8, 4) is 101 Å². The van der Waals surface area contributed by atoms with Gasteiger partial charge in [-0.2, -0.15) is 0 Å². The highest BCUT2D eigenvalue weighted by Gasteiger charge is 2.44. The first-order valence-electron chi connectivity index (χ1n) is 50.9. The average Bonchev–Trinajstić information content (AvgIpc) is 1.36. The minimum Gasteiger partial charge on any atom is -0.347 e. The van der Waals surface area contributed by atoms with Crippen molar-refractivity contribution in [2.75, 3.05) is 28.2 Å². The number of fused-ring (bicyclic) bond motifs is 27. The van der Waals surface area contributed by atoms with E-state index in [1.54, 1.807) is 0 Å². The predicted molar refractivity (Wildman–Crippen MR) is 613 cm³/mol. The summed E-state index contributed by atoms with van der Waals surface area (Å²) in [5, 5.41) is 14.8. The van der Waals surface area contributed by atoms with Crippen LogP contribution in [0.15, 0.2) is 479 Å². The van der Waals surface area contributed by atoms with Crippen molar-refractivity contribution in [1.82, 2.24) is 42.1 Å². The van der Waals surface area contributed by atoms with Crippen LogP contribution in [-0.4, -0.2) is 61.8 Å². The van der Waals surface area contributed by atoms with Crippen molar-refractivity contribution < 1.29 is 0 Å². The Hall–Kier alpha value is -17.5. The normalized spacial score (nSPS) is 15.1. The maximum atomic E-state index is 5.06. The van der Waals surface area contributed by atoms with Crippen LogP contribution in [0.4, 0.5) is 22.7 Å². The van der Waals surface area contributed by atoms with E-state index in [1.807, 2.05) is 36.5 Å². The molecule has 10 nitrogen and oxygen atoms in total. The van der Waals surface area contributed by atoms with E-state index in [2.05, 4.69) is 535 Å². The molecule has 0 saturated heterocycles. The lowest BCUT2D eigenvalue weighted by molar-refractivity contribution is 0.568. The van der Waals surface area contributed by atoms with E-state index in [1.165, 1.54) is 205 Å². The molecule has 1 unspecified atom stereocenters. The minimum atomic E-state index is -0.0679. The number of hydrogen-bond acceptors (Lipinski definition) is 3. The van der Waals surface area contributed by atoms with Crippen LogP contribution in [0, 0.1) is 0 Å². The first-order chi connectivity index (χ1) is 71.2. The summed E-state index contributed by atoms with van der Waals surface area (Å²) < 4.78 is 13.2. The van der Waals surface area contributed by atoms with Crippen molar-refractivity contribution in [1.29, 1.82) is 0 Å². The Morgan fingerprint density at radius 2 is 0.671 bits per heavy atom. The molecule has 3 aliphatic carbocycles. The lowest BCUT2D eigenvalue weighted by atomic mass is 9.82. The number of para-hydroxylation sites is 3. The van der Waals surface area contributed by atoms with Crippen LogP contribution in [0.25, 0.3) is 177 Å². The standard InChI is InChI=1S/C34H26N2.C27H23N3.2C26H21N2.C23H19N/c1-34(2)28-16-10-9-15-26(28)33-27-19-20-36(32(27)18-17-29(33)34)25-21-30(23-11-5-3-6-12-23)35-31(22-25)24-13-7-4-8-14-24;1-27(2)21-11-7-6-10-19(21)25-20-15-17-30(23(20)13-12-22(25)27)24-14-16-28-26(29-24)18-8-4-3-5-9-18;1-28(2)23-13-6-5-11-21(23)25-24(28)15-14-19-16-17-27(26(19)25)22-12-7-9-18-8-3-4-10-20(18)22;1-28(2)23-10-6-5-9-22(23)25-24(28)14-12-19-15-16-27(26(19)25)21-13-11-18-7-3-4-8-20(18)17-21;1-23(2)19-11-7-6-10-18(19)21-20(23)13-12-16-14-15-24(22(16)21)17-8-4-3-5-9-17/h3-22H,1-2H3;3-17,24H,1-2H3,(H,28,29);2*3-17H,1-2H3;3-15H,1-2H3/q;;2*+1;. The van der Waals surface area contributed by atoms with E-state index < -0.39 is 0 Å². The SMILES string of the molecule is CC1(C)c2ccccc2-c2c1ccc1c2ccn1-c1cc(-c2ccccc2)nc(-c2ccccc2)c1.CC1(C)c2ccccc2-c2c1ccc1c2ccn1C1C=CNC(c2ccccc2)=N1.CC1(C)c2ccccc2-c2c1ccc1ccn(-c3ccccc3)c21.C[N+]1(C)c2ccccc2-c2c1ccc1ccn(-c3ccc4ccccc4c3)c21.C[N+]1(C)c2ccccc2-c2c1ccc1ccn(-c3cccc4ccccc34)c21. The molecule has 146 heavy (non-hydrogen) atoms. The molecule has 1 atom stereocenters. The van der Waals surface area contributed by atoms with Gasteiger partial charge in [0.15, 0.2) is 0 Å². The molecule has 0 fully saturated rings. The van der Waals surface area contributed by atoms with Crippen LogP contribution in [0.2, 0.25) is 0 Å². The Morgan fingerprint density at radius 3 is 1.25 bits per heavy atom. The second-order valence-electron chi connectivity index (χ2n) is 41.9. The summed E-state index contributed by atoms with van der Waals surface area (Å²) in [7, 11) is 9.11. The van der Waals surface area contributed by atoms with Gasteiger partial charge in [0.1, 0.15) is 34.8 Å². The lowest BCUT2D eigenvalue weighted by Gasteiger charge is -2.24. The number of hydrogen-bond donors (Lipinski definition) is 1. The molecule has 9 heterocycles. The molecule has 30 rings (SSSR count). The molecule has 702 valence electrons. The van der Waals surface area contributed by atoms with E-state index in [0.717, 1.165) is 48.6 Å². The summed E-state index contributed by atoms with van der Waals surface area (Å²) in [5.74, 6) is 0.901. The smallest absolute Gasteiger partial charge is 0.147 e. The van der Waals surface area contributed by atoms with Crippen molar-refractivity contribution in [2.24, 2.45) is 4.99 Å². The Balaban J connectivity index is 0.0000000933. The summed E-state index contributed by atoms with van der Waals surface area (Å²) in [6.07, 6.45) is 15.0. The third kappa shape index (κ3) is 14.2. The molecule has 1 N–H and O–H groups in total. The highest BCUT2D eigenvalue weighted by atomic mass is 15.3. The molecule has 10 heteroatoms. The average molecular weight is 1880 g/mol. The number of nitrogens with zero attached hydrogens (tertiary/aromatic N) is 9. The molecule has 0 bridgehead atoms. The summed E-state index contributed by atoms with van der Waals surface area (Å²) in [6, 6.07) is 155. The third-order valence-electron chi connectivity index (χ3n) is 32.1. The zero-order valence-corrected chi connectivity index (χ0v) is 83.6. The number of aromatic nitrogens is 6. The molecule has 0 amide bonds. The van der Waals surface area contributed by atoms with E-state index in [4.69, 9.17) is 9.98 Å².